The van der Waals surface area contributed by atoms with Crippen LogP contribution in [0.5, 0.6) is 0 Å². The van der Waals surface area contributed by atoms with E-state index in [4.69, 9.17) is 5.11 Å². The van der Waals surface area contributed by atoms with Gasteiger partial charge in [-0.1, -0.05) is 0 Å². The summed E-state index contributed by atoms with van der Waals surface area (Å²) in [6.07, 6.45) is 0. The fraction of sp³-hybridized carbons (Fsp3) is 0.667. The first kappa shape index (κ1) is 10.0. The molecule has 1 aliphatic heterocycles. The molecular weight excluding hydrogens is 198 g/mol. The molecule has 5 heteroatoms. The van der Waals surface area contributed by atoms with E-state index in [2.05, 4.69) is 15.2 Å². The molecular formula is C9H15N3OS. The van der Waals surface area contributed by atoms with Crippen molar-refractivity contribution in [2.24, 2.45) is 0 Å². The minimum Gasteiger partial charge on any atom is -0.390 e. The lowest BCUT2D eigenvalue weighted by molar-refractivity contribution is 0.232. The highest BCUT2D eigenvalue weighted by molar-refractivity contribution is 7.09. The normalized spacial score (nSPS) is 18.6. The summed E-state index contributed by atoms with van der Waals surface area (Å²) in [5.74, 6) is 0. The summed E-state index contributed by atoms with van der Waals surface area (Å²) in [7, 11) is 0. The van der Waals surface area contributed by atoms with Crippen LogP contribution in [-0.2, 0) is 13.2 Å². The summed E-state index contributed by atoms with van der Waals surface area (Å²) >= 11 is 1.63. The number of aliphatic hydroxyl groups excluding tert-OH is 1. The van der Waals surface area contributed by atoms with E-state index < -0.39 is 0 Å². The lowest BCUT2D eigenvalue weighted by Gasteiger charge is -2.26. The Labute approximate surface area is 87.6 Å². The van der Waals surface area contributed by atoms with E-state index in [-0.39, 0.29) is 6.61 Å². The van der Waals surface area contributed by atoms with Crippen molar-refractivity contribution in [2.45, 2.75) is 13.2 Å². The second-order valence-corrected chi connectivity index (χ2v) is 4.36. The zero-order chi connectivity index (χ0) is 9.80. The van der Waals surface area contributed by atoms with Crippen LogP contribution in [0.4, 0.5) is 0 Å². The Kier molecular flexibility index (Phi) is 3.47. The Morgan fingerprint density at radius 1 is 1.50 bits per heavy atom. The van der Waals surface area contributed by atoms with Gasteiger partial charge in [0.2, 0.25) is 0 Å². The van der Waals surface area contributed by atoms with E-state index in [1.54, 1.807) is 11.3 Å². The van der Waals surface area contributed by atoms with E-state index in [1.165, 1.54) is 0 Å². The predicted molar refractivity (Wildman–Crippen MR) is 56.2 cm³/mol. The number of thiazole rings is 1. The van der Waals surface area contributed by atoms with Gasteiger partial charge in [-0.25, -0.2) is 4.98 Å². The highest BCUT2D eigenvalue weighted by Gasteiger charge is 2.11. The second kappa shape index (κ2) is 4.84. The van der Waals surface area contributed by atoms with Crippen LogP contribution < -0.4 is 5.32 Å². The number of piperazine rings is 1. The predicted octanol–water partition coefficient (Wildman–Crippen LogP) is 0.0406. The summed E-state index contributed by atoms with van der Waals surface area (Å²) in [5, 5.41) is 15.2. The smallest absolute Gasteiger partial charge is 0.107 e. The first-order valence-corrected chi connectivity index (χ1v) is 5.73. The molecule has 1 saturated heterocycles. The molecule has 1 aromatic heterocycles. The summed E-state index contributed by atoms with van der Waals surface area (Å²) < 4.78 is 0. The van der Waals surface area contributed by atoms with Gasteiger partial charge in [-0.15, -0.1) is 11.3 Å². The first-order chi connectivity index (χ1) is 6.88. The van der Waals surface area contributed by atoms with E-state index in [0.717, 1.165) is 43.4 Å². The Morgan fingerprint density at radius 3 is 2.93 bits per heavy atom. The van der Waals surface area contributed by atoms with Gasteiger partial charge in [-0.2, -0.15) is 0 Å². The number of aliphatic hydroxyl groups is 1. The van der Waals surface area contributed by atoms with Crippen LogP contribution >= 0.6 is 11.3 Å². The lowest BCUT2D eigenvalue weighted by atomic mass is 10.3. The lowest BCUT2D eigenvalue weighted by Crippen LogP contribution is -2.42. The molecule has 0 aliphatic carbocycles. The molecule has 2 rings (SSSR count). The Morgan fingerprint density at radius 2 is 2.29 bits per heavy atom. The zero-order valence-electron chi connectivity index (χ0n) is 8.07. The van der Waals surface area contributed by atoms with Crippen molar-refractivity contribution in [1.29, 1.82) is 0 Å². The highest BCUT2D eigenvalue weighted by atomic mass is 32.1. The molecule has 0 spiro atoms. The van der Waals surface area contributed by atoms with Gasteiger partial charge in [0.15, 0.2) is 0 Å². The van der Waals surface area contributed by atoms with E-state index in [9.17, 15) is 0 Å². The maximum Gasteiger partial charge on any atom is 0.107 e. The van der Waals surface area contributed by atoms with Gasteiger partial charge in [-0.3, -0.25) is 4.90 Å². The van der Waals surface area contributed by atoms with Crippen LogP contribution in [0.1, 0.15) is 10.7 Å². The quantitative estimate of drug-likeness (QED) is 0.744. The van der Waals surface area contributed by atoms with E-state index >= 15 is 0 Å². The van der Waals surface area contributed by atoms with E-state index in [0.29, 0.717) is 0 Å². The second-order valence-electron chi connectivity index (χ2n) is 3.42. The summed E-state index contributed by atoms with van der Waals surface area (Å²) in [4.78, 5) is 6.71. The molecule has 14 heavy (non-hydrogen) atoms. The summed E-state index contributed by atoms with van der Waals surface area (Å²) in [6.45, 7) is 5.29. The SMILES string of the molecule is OCc1csc(CN2CCNCC2)n1. The first-order valence-electron chi connectivity index (χ1n) is 4.85. The van der Waals surface area contributed by atoms with Gasteiger partial charge < -0.3 is 10.4 Å². The van der Waals surface area contributed by atoms with Crippen molar-refractivity contribution >= 4 is 11.3 Å². The Hall–Kier alpha value is -0.490. The van der Waals surface area contributed by atoms with Crippen LogP contribution in [0.2, 0.25) is 0 Å². The average molecular weight is 213 g/mol. The van der Waals surface area contributed by atoms with Gasteiger partial charge in [0.05, 0.1) is 18.8 Å². The fourth-order valence-electron chi connectivity index (χ4n) is 1.55. The van der Waals surface area contributed by atoms with Crippen LogP contribution in [0.15, 0.2) is 5.38 Å². The Bertz CT molecular complexity index is 283. The molecule has 1 fully saturated rings. The zero-order valence-corrected chi connectivity index (χ0v) is 8.89. The summed E-state index contributed by atoms with van der Waals surface area (Å²) in [5.41, 5.74) is 0.792. The molecule has 2 N–H and O–H groups in total. The summed E-state index contributed by atoms with van der Waals surface area (Å²) in [6, 6.07) is 0. The highest BCUT2D eigenvalue weighted by Crippen LogP contribution is 2.12. The third-order valence-electron chi connectivity index (χ3n) is 2.33. The maximum absolute atomic E-state index is 8.88. The Balaban J connectivity index is 1.89. The van der Waals surface area contributed by atoms with Crippen molar-refractivity contribution in [1.82, 2.24) is 15.2 Å². The number of nitrogens with one attached hydrogen (secondary N) is 1. The van der Waals surface area contributed by atoms with Crippen molar-refractivity contribution < 1.29 is 5.11 Å². The molecule has 1 aromatic rings. The van der Waals surface area contributed by atoms with Crippen LogP contribution in [0.3, 0.4) is 0 Å². The molecule has 0 bridgehead atoms. The minimum absolute atomic E-state index is 0.0536. The molecule has 1 aliphatic rings. The molecule has 0 saturated carbocycles. The molecule has 0 atom stereocenters. The van der Waals surface area contributed by atoms with Gasteiger partial charge in [0.25, 0.3) is 0 Å². The van der Waals surface area contributed by atoms with Crippen LogP contribution in [0, 0.1) is 0 Å². The molecule has 0 radical (unpaired) electrons. The number of hydrogen-bond donors (Lipinski definition) is 2. The monoisotopic (exact) mass is 213 g/mol. The fourth-order valence-corrected chi connectivity index (χ4v) is 2.38. The minimum atomic E-state index is 0.0536. The molecule has 78 valence electrons. The molecule has 4 nitrogen and oxygen atoms in total. The van der Waals surface area contributed by atoms with Gasteiger partial charge in [0, 0.05) is 31.6 Å². The largest absolute Gasteiger partial charge is 0.390 e. The van der Waals surface area contributed by atoms with E-state index in [1.807, 2.05) is 5.38 Å². The number of hydrogen-bond acceptors (Lipinski definition) is 5. The number of aromatic nitrogens is 1. The average Bonchev–Trinajstić information content (AvgIpc) is 2.67. The van der Waals surface area contributed by atoms with Gasteiger partial charge in [0.1, 0.15) is 5.01 Å². The molecule has 0 aromatic carbocycles. The van der Waals surface area contributed by atoms with Crippen molar-refractivity contribution in [3.05, 3.63) is 16.1 Å². The standard InChI is InChI=1S/C9H15N3OS/c13-6-8-7-14-9(11-8)5-12-3-1-10-2-4-12/h7,10,13H,1-6H2. The van der Waals surface area contributed by atoms with Crippen molar-refractivity contribution in [3.63, 3.8) is 0 Å². The molecule has 0 unspecified atom stereocenters. The number of nitrogens with zero attached hydrogens (tertiary/aromatic N) is 2. The van der Waals surface area contributed by atoms with Crippen molar-refractivity contribution in [3.8, 4) is 0 Å². The third kappa shape index (κ3) is 2.51. The topological polar surface area (TPSA) is 48.4 Å². The molecule has 2 heterocycles. The number of rotatable bonds is 3. The third-order valence-corrected chi connectivity index (χ3v) is 3.21. The van der Waals surface area contributed by atoms with Gasteiger partial charge in [-0.05, 0) is 0 Å². The molecule has 0 amide bonds. The van der Waals surface area contributed by atoms with Crippen molar-refractivity contribution in [2.75, 3.05) is 26.2 Å². The van der Waals surface area contributed by atoms with Crippen LogP contribution in [-0.4, -0.2) is 41.2 Å². The van der Waals surface area contributed by atoms with Crippen LogP contribution in [0.25, 0.3) is 0 Å². The maximum atomic E-state index is 8.88. The van der Waals surface area contributed by atoms with Gasteiger partial charge >= 0.3 is 0 Å².